The van der Waals surface area contributed by atoms with Crippen molar-refractivity contribution in [2.45, 2.75) is 66.0 Å². The van der Waals surface area contributed by atoms with Crippen LogP contribution in [0.2, 0.25) is 0 Å². The van der Waals surface area contributed by atoms with Crippen LogP contribution in [0.25, 0.3) is 0 Å². The number of aliphatic carboxylic acids is 1. The Morgan fingerprint density at radius 1 is 1.19 bits per heavy atom. The predicted molar refractivity (Wildman–Crippen MR) is 102 cm³/mol. The maximum atomic E-state index is 13.0. The van der Waals surface area contributed by atoms with E-state index in [2.05, 4.69) is 0 Å². The third-order valence-electron chi connectivity index (χ3n) is 4.39. The summed E-state index contributed by atoms with van der Waals surface area (Å²) in [5, 5.41) is 20.3. The van der Waals surface area contributed by atoms with Gasteiger partial charge in [-0.3, -0.25) is 9.36 Å². The lowest BCUT2D eigenvalue weighted by Gasteiger charge is -2.27. The fourth-order valence-corrected chi connectivity index (χ4v) is 4.83. The predicted octanol–water partition coefficient (Wildman–Crippen LogP) is 4.57. The van der Waals surface area contributed by atoms with Crippen molar-refractivity contribution < 1.29 is 28.6 Å². The van der Waals surface area contributed by atoms with Gasteiger partial charge in [0.05, 0.1) is 13.2 Å². The molecule has 26 heavy (non-hydrogen) atoms. The highest BCUT2D eigenvalue weighted by Crippen LogP contribution is 2.54. The van der Waals surface area contributed by atoms with Crippen LogP contribution >= 0.6 is 7.60 Å². The highest BCUT2D eigenvalue weighted by Gasteiger charge is 2.42. The minimum Gasteiger partial charge on any atom is -0.507 e. The molecule has 2 N–H and O–H groups in total. The lowest BCUT2D eigenvalue weighted by molar-refractivity contribution is -0.137. The molecule has 0 saturated carbocycles. The average molecular weight is 386 g/mol. The first kappa shape index (κ1) is 22.7. The number of aryl methyl sites for hydroxylation is 1. The van der Waals surface area contributed by atoms with Crippen molar-refractivity contribution in [2.75, 3.05) is 13.2 Å². The molecular weight excluding hydrogens is 355 g/mol. The Bertz CT molecular complexity index is 695. The number of carbonyl (C=O) groups is 1. The molecule has 148 valence electrons. The fraction of sp³-hybridized carbons (Fsp3) is 0.632. The van der Waals surface area contributed by atoms with Crippen LogP contribution in [0.3, 0.4) is 0 Å². The summed E-state index contributed by atoms with van der Waals surface area (Å²) in [6, 6.07) is 1.86. The molecule has 0 fully saturated rings. The lowest BCUT2D eigenvalue weighted by atomic mass is 9.82. The topological polar surface area (TPSA) is 93.1 Å². The van der Waals surface area contributed by atoms with Gasteiger partial charge in [0, 0.05) is 0 Å². The SMILES string of the molecule is CCOP(=O)(OCC)C(Cc1c(C)cc(C(C)(C)C)c(O)c1C)C(=O)O. The van der Waals surface area contributed by atoms with Crippen molar-refractivity contribution in [1.29, 1.82) is 0 Å². The van der Waals surface area contributed by atoms with Crippen LogP contribution in [0.5, 0.6) is 5.75 Å². The van der Waals surface area contributed by atoms with Crippen molar-refractivity contribution in [3.05, 3.63) is 28.3 Å². The molecule has 0 aliphatic rings. The Balaban J connectivity index is 3.44. The van der Waals surface area contributed by atoms with E-state index in [-0.39, 0.29) is 30.8 Å². The second-order valence-electron chi connectivity index (χ2n) is 7.38. The van der Waals surface area contributed by atoms with E-state index >= 15 is 0 Å². The summed E-state index contributed by atoms with van der Waals surface area (Å²) < 4.78 is 23.5. The molecule has 0 amide bonds. The summed E-state index contributed by atoms with van der Waals surface area (Å²) in [6.07, 6.45) is -0.0394. The molecule has 1 unspecified atom stereocenters. The number of benzene rings is 1. The van der Waals surface area contributed by atoms with E-state index in [0.717, 1.165) is 11.1 Å². The number of carboxylic acid groups (broad SMARTS) is 1. The third-order valence-corrected chi connectivity index (χ3v) is 6.79. The van der Waals surface area contributed by atoms with Crippen LogP contribution in [0.15, 0.2) is 6.07 Å². The first-order chi connectivity index (χ1) is 11.9. The summed E-state index contributed by atoms with van der Waals surface area (Å²) in [5.74, 6) is -1.10. The summed E-state index contributed by atoms with van der Waals surface area (Å²) in [5.41, 5.74) is 1.30. The number of phenolic OH excluding ortho intramolecular Hbond substituents is 1. The van der Waals surface area contributed by atoms with Crippen molar-refractivity contribution in [2.24, 2.45) is 0 Å². The van der Waals surface area contributed by atoms with Gasteiger partial charge in [0.15, 0.2) is 5.66 Å². The molecule has 0 aliphatic heterocycles. The molecule has 0 heterocycles. The van der Waals surface area contributed by atoms with Gasteiger partial charge in [0.2, 0.25) is 0 Å². The zero-order valence-electron chi connectivity index (χ0n) is 16.8. The van der Waals surface area contributed by atoms with E-state index in [9.17, 15) is 19.6 Å². The quantitative estimate of drug-likeness (QED) is 0.636. The summed E-state index contributed by atoms with van der Waals surface area (Å²) in [4.78, 5) is 11.8. The smallest absolute Gasteiger partial charge is 0.345 e. The van der Waals surface area contributed by atoms with Crippen LogP contribution < -0.4 is 0 Å². The van der Waals surface area contributed by atoms with Crippen LogP contribution in [-0.2, 0) is 30.2 Å². The molecular formula is C19H31O6P. The molecule has 0 spiro atoms. The van der Waals surface area contributed by atoms with Crippen LogP contribution in [0.4, 0.5) is 0 Å². The second kappa shape index (κ2) is 8.55. The molecule has 0 bridgehead atoms. The van der Waals surface area contributed by atoms with Crippen molar-refractivity contribution in [1.82, 2.24) is 0 Å². The molecule has 0 radical (unpaired) electrons. The maximum Gasteiger partial charge on any atom is 0.345 e. The van der Waals surface area contributed by atoms with Gasteiger partial charge in [-0.2, -0.15) is 0 Å². The van der Waals surface area contributed by atoms with Gasteiger partial charge in [0.25, 0.3) is 0 Å². The molecule has 1 aromatic carbocycles. The monoisotopic (exact) mass is 386 g/mol. The molecule has 0 aromatic heterocycles. The van der Waals surface area contributed by atoms with Gasteiger partial charge < -0.3 is 19.3 Å². The van der Waals surface area contributed by atoms with E-state index in [1.165, 1.54) is 0 Å². The molecule has 0 aliphatic carbocycles. The van der Waals surface area contributed by atoms with Gasteiger partial charge in [-0.15, -0.1) is 0 Å². The minimum atomic E-state index is -3.83. The number of phenols is 1. The first-order valence-electron chi connectivity index (χ1n) is 8.83. The minimum absolute atomic E-state index is 0.0394. The van der Waals surface area contributed by atoms with E-state index in [1.807, 2.05) is 33.8 Å². The van der Waals surface area contributed by atoms with Crippen LogP contribution in [0.1, 0.15) is 56.9 Å². The van der Waals surface area contributed by atoms with Gasteiger partial charge in [-0.1, -0.05) is 26.8 Å². The van der Waals surface area contributed by atoms with Gasteiger partial charge >= 0.3 is 13.6 Å². The number of rotatable bonds is 8. The Morgan fingerprint density at radius 2 is 1.69 bits per heavy atom. The van der Waals surface area contributed by atoms with Crippen molar-refractivity contribution in [3.8, 4) is 5.75 Å². The first-order valence-corrected chi connectivity index (χ1v) is 10.4. The summed E-state index contributed by atoms with van der Waals surface area (Å²) >= 11 is 0. The number of hydrogen-bond donors (Lipinski definition) is 2. The van der Waals surface area contributed by atoms with Gasteiger partial charge in [0.1, 0.15) is 5.75 Å². The van der Waals surface area contributed by atoms with E-state index in [1.54, 1.807) is 20.8 Å². The third kappa shape index (κ3) is 4.87. The van der Waals surface area contributed by atoms with E-state index < -0.39 is 19.2 Å². The largest absolute Gasteiger partial charge is 0.507 e. The Morgan fingerprint density at radius 3 is 2.08 bits per heavy atom. The van der Waals surface area contributed by atoms with Crippen LogP contribution in [0, 0.1) is 13.8 Å². The number of aromatic hydroxyl groups is 1. The Kier molecular flexibility index (Phi) is 7.46. The Labute approximate surface area is 156 Å². The average Bonchev–Trinajstić information content (AvgIpc) is 2.49. The zero-order chi connectivity index (χ0) is 20.3. The van der Waals surface area contributed by atoms with E-state index in [0.29, 0.717) is 11.1 Å². The van der Waals surface area contributed by atoms with Crippen molar-refractivity contribution >= 4 is 13.6 Å². The number of carboxylic acids is 1. The summed E-state index contributed by atoms with van der Waals surface area (Å²) in [6.45, 7) is 13.1. The normalized spacial score (nSPS) is 13.7. The fourth-order valence-electron chi connectivity index (χ4n) is 3.00. The van der Waals surface area contributed by atoms with E-state index in [4.69, 9.17) is 9.05 Å². The van der Waals surface area contributed by atoms with Gasteiger partial charge in [-0.25, -0.2) is 0 Å². The molecule has 6 nitrogen and oxygen atoms in total. The highest BCUT2D eigenvalue weighted by atomic mass is 31.2. The lowest BCUT2D eigenvalue weighted by Crippen LogP contribution is -2.26. The molecule has 1 aromatic rings. The molecule has 1 rings (SSSR count). The molecule has 1 atom stereocenters. The highest BCUT2D eigenvalue weighted by molar-refractivity contribution is 7.55. The van der Waals surface area contributed by atoms with Crippen LogP contribution in [-0.4, -0.2) is 35.1 Å². The van der Waals surface area contributed by atoms with Crippen molar-refractivity contribution in [3.63, 3.8) is 0 Å². The molecule has 7 heteroatoms. The standard InChI is InChI=1S/C19H31O6P/c1-8-24-26(23,25-9-2)16(18(21)22)11-14-12(3)10-15(19(5,6)7)17(20)13(14)4/h10,16,20H,8-9,11H2,1-7H3,(H,21,22). The Hall–Kier alpha value is -1.36. The molecule has 0 saturated heterocycles. The summed E-state index contributed by atoms with van der Waals surface area (Å²) in [7, 11) is -3.83. The zero-order valence-corrected chi connectivity index (χ0v) is 17.6. The number of hydrogen-bond acceptors (Lipinski definition) is 5. The maximum absolute atomic E-state index is 13.0. The second-order valence-corrected chi connectivity index (χ2v) is 9.60. The van der Waals surface area contributed by atoms with Gasteiger partial charge in [-0.05, 0) is 61.8 Å².